The van der Waals surface area contributed by atoms with Crippen LogP contribution in [0, 0.1) is 5.92 Å². The average molecular weight is 223 g/mol. The van der Waals surface area contributed by atoms with Gasteiger partial charge in [-0.2, -0.15) is 0 Å². The number of halogens is 1. The number of carboxylic acids is 1. The number of rotatable bonds is 3. The molecule has 0 aromatic heterocycles. The average Bonchev–Trinajstić information content (AvgIpc) is 2.99. The zero-order valence-electron chi connectivity index (χ0n) is 8.11. The molecule has 0 heterocycles. The molecule has 0 radical (unpaired) electrons. The number of carbonyl (C=O) groups is 1. The van der Waals surface area contributed by atoms with Gasteiger partial charge in [-0.3, -0.25) is 0 Å². The van der Waals surface area contributed by atoms with Crippen LogP contribution in [0.25, 0.3) is 6.08 Å². The molecule has 15 heavy (non-hydrogen) atoms. The third-order valence-electron chi connectivity index (χ3n) is 2.43. The summed E-state index contributed by atoms with van der Waals surface area (Å²) in [4.78, 5) is 10.8. The van der Waals surface area contributed by atoms with Gasteiger partial charge in [-0.1, -0.05) is 35.9 Å². The molecule has 78 valence electrons. The zero-order chi connectivity index (χ0) is 10.8. The largest absolute Gasteiger partial charge is 0.478 e. The van der Waals surface area contributed by atoms with E-state index in [1.54, 1.807) is 6.07 Å². The van der Waals surface area contributed by atoms with Crippen molar-refractivity contribution in [3.8, 4) is 0 Å². The molecule has 1 aromatic carbocycles. The van der Waals surface area contributed by atoms with Crippen molar-refractivity contribution in [2.45, 2.75) is 12.8 Å². The van der Waals surface area contributed by atoms with Gasteiger partial charge in [0.05, 0.1) is 10.6 Å². The Balaban J connectivity index is 2.30. The maximum Gasteiger partial charge on any atom is 0.337 e. The zero-order valence-corrected chi connectivity index (χ0v) is 8.87. The Hall–Kier alpha value is -1.28. The molecule has 1 aromatic rings. The Bertz CT molecular complexity index is 420. The van der Waals surface area contributed by atoms with Crippen LogP contribution in [0.15, 0.2) is 24.3 Å². The predicted molar refractivity (Wildman–Crippen MR) is 60.2 cm³/mol. The van der Waals surface area contributed by atoms with Gasteiger partial charge in [0, 0.05) is 0 Å². The molecule has 0 unspecified atom stereocenters. The lowest BCUT2D eigenvalue weighted by atomic mass is 10.1. The number of benzene rings is 1. The maximum atomic E-state index is 10.8. The fraction of sp³-hybridized carbons (Fsp3) is 0.250. The second-order valence-corrected chi connectivity index (χ2v) is 4.09. The summed E-state index contributed by atoms with van der Waals surface area (Å²) in [6.45, 7) is 0. The van der Waals surface area contributed by atoms with Gasteiger partial charge < -0.3 is 5.11 Å². The van der Waals surface area contributed by atoms with Crippen LogP contribution in [-0.2, 0) is 0 Å². The minimum Gasteiger partial charge on any atom is -0.478 e. The van der Waals surface area contributed by atoms with E-state index < -0.39 is 5.97 Å². The van der Waals surface area contributed by atoms with Crippen LogP contribution in [0.5, 0.6) is 0 Å². The molecule has 1 aliphatic carbocycles. The first-order valence-electron chi connectivity index (χ1n) is 4.88. The topological polar surface area (TPSA) is 37.3 Å². The van der Waals surface area contributed by atoms with E-state index in [-0.39, 0.29) is 5.56 Å². The summed E-state index contributed by atoms with van der Waals surface area (Å²) in [5.41, 5.74) is 0.943. The van der Waals surface area contributed by atoms with Gasteiger partial charge in [0.25, 0.3) is 0 Å². The Morgan fingerprint density at radius 2 is 2.20 bits per heavy atom. The van der Waals surface area contributed by atoms with Crippen molar-refractivity contribution < 1.29 is 9.90 Å². The molecule has 0 saturated heterocycles. The number of hydrogen-bond acceptors (Lipinski definition) is 1. The first-order chi connectivity index (χ1) is 7.18. The van der Waals surface area contributed by atoms with Crippen LogP contribution >= 0.6 is 11.6 Å². The van der Waals surface area contributed by atoms with E-state index in [1.807, 2.05) is 12.1 Å². The van der Waals surface area contributed by atoms with Crippen molar-refractivity contribution in [1.82, 2.24) is 0 Å². The molecule has 1 saturated carbocycles. The summed E-state index contributed by atoms with van der Waals surface area (Å²) in [7, 11) is 0. The van der Waals surface area contributed by atoms with E-state index in [9.17, 15) is 4.79 Å². The molecular formula is C12H11ClO2. The lowest BCUT2D eigenvalue weighted by molar-refractivity contribution is 0.0697. The highest BCUT2D eigenvalue weighted by molar-refractivity contribution is 6.34. The van der Waals surface area contributed by atoms with Crippen LogP contribution in [0.1, 0.15) is 28.8 Å². The van der Waals surface area contributed by atoms with Crippen molar-refractivity contribution in [3.05, 3.63) is 40.4 Å². The Morgan fingerprint density at radius 1 is 1.47 bits per heavy atom. The quantitative estimate of drug-likeness (QED) is 0.851. The highest BCUT2D eigenvalue weighted by Crippen LogP contribution is 2.32. The molecule has 0 bridgehead atoms. The molecule has 3 heteroatoms. The summed E-state index contributed by atoms with van der Waals surface area (Å²) < 4.78 is 0. The van der Waals surface area contributed by atoms with Gasteiger partial charge in [-0.15, -0.1) is 0 Å². The number of aromatic carboxylic acids is 1. The van der Waals surface area contributed by atoms with Crippen molar-refractivity contribution in [2.75, 3.05) is 0 Å². The van der Waals surface area contributed by atoms with E-state index in [4.69, 9.17) is 16.7 Å². The van der Waals surface area contributed by atoms with Crippen LogP contribution in [0.2, 0.25) is 5.02 Å². The molecule has 1 aliphatic rings. The molecule has 1 fully saturated rings. The minimum atomic E-state index is -0.985. The second-order valence-electron chi connectivity index (χ2n) is 3.71. The summed E-state index contributed by atoms with van der Waals surface area (Å²) in [6.07, 6.45) is 6.46. The van der Waals surface area contributed by atoms with Crippen molar-refractivity contribution in [2.24, 2.45) is 5.92 Å². The summed E-state index contributed by atoms with van der Waals surface area (Å²) >= 11 is 5.98. The van der Waals surface area contributed by atoms with E-state index >= 15 is 0 Å². The third kappa shape index (κ3) is 2.39. The van der Waals surface area contributed by atoms with Crippen LogP contribution in [0.4, 0.5) is 0 Å². The molecule has 0 atom stereocenters. The standard InChI is InChI=1S/C12H11ClO2/c13-11-9(7-6-8-4-5-8)2-1-3-10(11)12(14)15/h1-3,6-8H,4-5H2,(H,14,15). The van der Waals surface area contributed by atoms with Crippen molar-refractivity contribution in [1.29, 1.82) is 0 Å². The van der Waals surface area contributed by atoms with Crippen molar-refractivity contribution >= 4 is 23.6 Å². The minimum absolute atomic E-state index is 0.162. The fourth-order valence-corrected chi connectivity index (χ4v) is 1.64. The lowest BCUT2D eigenvalue weighted by Crippen LogP contribution is -1.97. The lowest BCUT2D eigenvalue weighted by Gasteiger charge is -2.01. The van der Waals surface area contributed by atoms with Crippen LogP contribution in [-0.4, -0.2) is 11.1 Å². The summed E-state index contributed by atoms with van der Waals surface area (Å²) in [5.74, 6) is -0.323. The smallest absolute Gasteiger partial charge is 0.337 e. The SMILES string of the molecule is O=C(O)c1cccc(C=CC2CC2)c1Cl. The Kier molecular flexibility index (Phi) is 2.78. The first-order valence-corrected chi connectivity index (χ1v) is 5.26. The molecular weight excluding hydrogens is 212 g/mol. The van der Waals surface area contributed by atoms with E-state index in [2.05, 4.69) is 6.08 Å². The number of carboxylic acid groups (broad SMARTS) is 1. The maximum absolute atomic E-state index is 10.8. The Labute approximate surface area is 93.2 Å². The van der Waals surface area contributed by atoms with E-state index in [1.165, 1.54) is 18.9 Å². The molecule has 2 nitrogen and oxygen atoms in total. The first kappa shape index (κ1) is 10.2. The van der Waals surface area contributed by atoms with Gasteiger partial charge >= 0.3 is 5.97 Å². The van der Waals surface area contributed by atoms with E-state index in [0.717, 1.165) is 5.56 Å². The number of hydrogen-bond donors (Lipinski definition) is 1. The normalized spacial score (nSPS) is 15.8. The Morgan fingerprint density at radius 3 is 2.80 bits per heavy atom. The highest BCUT2D eigenvalue weighted by Gasteiger charge is 2.17. The van der Waals surface area contributed by atoms with Gasteiger partial charge in [-0.25, -0.2) is 4.79 Å². The van der Waals surface area contributed by atoms with Gasteiger partial charge in [0.2, 0.25) is 0 Å². The van der Waals surface area contributed by atoms with Crippen LogP contribution in [0.3, 0.4) is 0 Å². The van der Waals surface area contributed by atoms with Gasteiger partial charge in [0.15, 0.2) is 0 Å². The molecule has 0 aliphatic heterocycles. The fourth-order valence-electron chi connectivity index (χ4n) is 1.37. The summed E-state index contributed by atoms with van der Waals surface area (Å²) in [5, 5.41) is 9.19. The van der Waals surface area contributed by atoms with E-state index in [0.29, 0.717) is 10.9 Å². The second kappa shape index (κ2) is 4.07. The van der Waals surface area contributed by atoms with Gasteiger partial charge in [-0.05, 0) is 30.4 Å². The monoisotopic (exact) mass is 222 g/mol. The molecule has 1 N–H and O–H groups in total. The highest BCUT2D eigenvalue weighted by atomic mass is 35.5. The van der Waals surface area contributed by atoms with Crippen molar-refractivity contribution in [3.63, 3.8) is 0 Å². The molecule has 0 amide bonds. The molecule has 0 spiro atoms. The summed E-state index contributed by atoms with van der Waals surface area (Å²) in [6, 6.07) is 5.05. The molecule has 2 rings (SSSR count). The van der Waals surface area contributed by atoms with Crippen LogP contribution < -0.4 is 0 Å². The predicted octanol–water partition coefficient (Wildman–Crippen LogP) is 3.46. The van der Waals surface area contributed by atoms with Gasteiger partial charge in [0.1, 0.15) is 0 Å². The number of allylic oxidation sites excluding steroid dienone is 1. The third-order valence-corrected chi connectivity index (χ3v) is 2.85.